The number of halogens is 2. The molecule has 0 atom stereocenters. The van der Waals surface area contributed by atoms with E-state index >= 15 is 0 Å². The van der Waals surface area contributed by atoms with E-state index in [-0.39, 0.29) is 33.1 Å². The van der Waals surface area contributed by atoms with Gasteiger partial charge in [-0.2, -0.15) is 0 Å². The minimum absolute atomic E-state index is 0.0819. The number of nitrogens with one attached hydrogen (secondary N) is 2. The number of benzene rings is 2. The summed E-state index contributed by atoms with van der Waals surface area (Å²) in [6, 6.07) is 8.24. The van der Waals surface area contributed by atoms with Gasteiger partial charge in [-0.3, -0.25) is 9.52 Å². The summed E-state index contributed by atoms with van der Waals surface area (Å²) in [6.07, 6.45) is 1.88. The van der Waals surface area contributed by atoms with Gasteiger partial charge in [0.05, 0.1) is 16.3 Å². The summed E-state index contributed by atoms with van der Waals surface area (Å²) in [7, 11) is -4.03. The first kappa shape index (κ1) is 19.0. The van der Waals surface area contributed by atoms with Gasteiger partial charge in [0.2, 0.25) is 0 Å². The molecule has 1 amide bonds. The number of aryl methyl sites for hydroxylation is 1. The van der Waals surface area contributed by atoms with Gasteiger partial charge in [0.15, 0.2) is 0 Å². The number of hydrogen-bond donors (Lipinski definition) is 2. The van der Waals surface area contributed by atoms with E-state index < -0.39 is 10.0 Å². The Bertz CT molecular complexity index is 960. The number of anilines is 1. The molecule has 1 aliphatic rings. The molecule has 0 spiro atoms. The molecule has 138 valence electrons. The molecule has 0 aliphatic heterocycles. The number of carbonyl (C=O) groups is 1. The zero-order valence-electron chi connectivity index (χ0n) is 14.3. The molecule has 1 aliphatic carbocycles. The van der Waals surface area contributed by atoms with Crippen LogP contribution in [0.5, 0.6) is 0 Å². The third kappa shape index (κ3) is 3.82. The predicted octanol–water partition coefficient (Wildman–Crippen LogP) is 4.30. The van der Waals surface area contributed by atoms with Gasteiger partial charge in [0.1, 0.15) is 4.90 Å². The summed E-state index contributed by atoms with van der Waals surface area (Å²) in [5.74, 6) is -0.309. The highest BCUT2D eigenvalue weighted by Gasteiger charge is 2.27. The topological polar surface area (TPSA) is 75.3 Å². The van der Waals surface area contributed by atoms with Crippen molar-refractivity contribution in [3.05, 3.63) is 57.1 Å². The molecular formula is C18H18Cl2N2O3S. The molecule has 0 heterocycles. The Morgan fingerprint density at radius 1 is 1.15 bits per heavy atom. The molecule has 3 rings (SSSR count). The van der Waals surface area contributed by atoms with E-state index in [9.17, 15) is 13.2 Å². The van der Waals surface area contributed by atoms with Gasteiger partial charge in [-0.05, 0) is 56.0 Å². The second-order valence-electron chi connectivity index (χ2n) is 6.34. The van der Waals surface area contributed by atoms with Crippen LogP contribution in [0.2, 0.25) is 10.0 Å². The molecule has 0 bridgehead atoms. The van der Waals surface area contributed by atoms with E-state index in [1.54, 1.807) is 44.2 Å². The van der Waals surface area contributed by atoms with Crippen LogP contribution in [-0.4, -0.2) is 20.4 Å². The molecule has 0 radical (unpaired) electrons. The largest absolute Gasteiger partial charge is 0.349 e. The maximum absolute atomic E-state index is 13.0. The monoisotopic (exact) mass is 412 g/mol. The lowest BCUT2D eigenvalue weighted by atomic mass is 10.1. The molecule has 26 heavy (non-hydrogen) atoms. The first-order chi connectivity index (χ1) is 12.2. The molecule has 5 nitrogen and oxygen atoms in total. The summed E-state index contributed by atoms with van der Waals surface area (Å²) >= 11 is 12.4. The lowest BCUT2D eigenvalue weighted by Gasteiger charge is -2.16. The highest BCUT2D eigenvalue weighted by atomic mass is 35.5. The number of sulfonamides is 1. The van der Waals surface area contributed by atoms with Crippen LogP contribution < -0.4 is 10.0 Å². The lowest BCUT2D eigenvalue weighted by molar-refractivity contribution is 0.0952. The smallest absolute Gasteiger partial charge is 0.263 e. The van der Waals surface area contributed by atoms with Crippen molar-refractivity contribution in [1.82, 2.24) is 5.32 Å². The molecule has 2 aromatic carbocycles. The minimum Gasteiger partial charge on any atom is -0.349 e. The SMILES string of the molecule is Cc1cc(Cl)c(C)c(S(=O)(=O)Nc2ccccc2C(=O)NC2CC2)c1Cl. The van der Waals surface area contributed by atoms with Crippen LogP contribution in [0.25, 0.3) is 0 Å². The first-order valence-corrected chi connectivity index (χ1v) is 10.3. The van der Waals surface area contributed by atoms with Crippen molar-refractivity contribution in [2.45, 2.75) is 37.6 Å². The van der Waals surface area contributed by atoms with Crippen molar-refractivity contribution in [1.29, 1.82) is 0 Å². The molecule has 2 N–H and O–H groups in total. The van der Waals surface area contributed by atoms with Gasteiger partial charge in [-0.1, -0.05) is 35.3 Å². The van der Waals surface area contributed by atoms with Crippen molar-refractivity contribution in [2.24, 2.45) is 0 Å². The van der Waals surface area contributed by atoms with Crippen LogP contribution >= 0.6 is 23.2 Å². The van der Waals surface area contributed by atoms with Gasteiger partial charge in [-0.25, -0.2) is 8.42 Å². The Kier molecular flexibility index (Phi) is 5.19. The quantitative estimate of drug-likeness (QED) is 0.768. The Hall–Kier alpha value is -1.76. The lowest BCUT2D eigenvalue weighted by Crippen LogP contribution is -2.27. The number of carbonyl (C=O) groups excluding carboxylic acids is 1. The Labute approximate surface area is 162 Å². The molecule has 0 unspecified atom stereocenters. The van der Waals surface area contributed by atoms with Gasteiger partial charge < -0.3 is 5.32 Å². The summed E-state index contributed by atoms with van der Waals surface area (Å²) in [6.45, 7) is 3.28. The minimum atomic E-state index is -4.03. The number of rotatable bonds is 5. The average molecular weight is 413 g/mol. The summed E-state index contributed by atoms with van der Waals surface area (Å²) in [4.78, 5) is 12.3. The molecule has 1 fully saturated rings. The van der Waals surface area contributed by atoms with Gasteiger partial charge in [0.25, 0.3) is 15.9 Å². The second-order valence-corrected chi connectivity index (χ2v) is 8.75. The van der Waals surface area contributed by atoms with Gasteiger partial charge in [-0.15, -0.1) is 0 Å². The van der Waals surface area contributed by atoms with E-state index in [2.05, 4.69) is 10.0 Å². The normalized spacial score (nSPS) is 14.2. The van der Waals surface area contributed by atoms with Crippen molar-refractivity contribution in [3.63, 3.8) is 0 Å². The van der Waals surface area contributed by atoms with Crippen LogP contribution in [0.3, 0.4) is 0 Å². The van der Waals surface area contributed by atoms with Crippen LogP contribution in [-0.2, 0) is 10.0 Å². The highest BCUT2D eigenvalue weighted by molar-refractivity contribution is 7.93. The highest BCUT2D eigenvalue weighted by Crippen LogP contribution is 2.34. The van der Waals surface area contributed by atoms with E-state index in [0.717, 1.165) is 12.8 Å². The van der Waals surface area contributed by atoms with Crippen LogP contribution in [0.1, 0.15) is 34.3 Å². The van der Waals surface area contributed by atoms with E-state index in [1.807, 2.05) is 0 Å². The number of para-hydroxylation sites is 1. The first-order valence-electron chi connectivity index (χ1n) is 8.08. The number of amides is 1. The van der Waals surface area contributed by atoms with E-state index in [1.165, 1.54) is 0 Å². The predicted molar refractivity (Wildman–Crippen MR) is 104 cm³/mol. The van der Waals surface area contributed by atoms with Crippen molar-refractivity contribution < 1.29 is 13.2 Å². The summed E-state index contributed by atoms with van der Waals surface area (Å²) < 4.78 is 28.4. The Morgan fingerprint density at radius 2 is 1.81 bits per heavy atom. The number of hydrogen-bond acceptors (Lipinski definition) is 3. The molecule has 2 aromatic rings. The fourth-order valence-corrected chi connectivity index (χ4v) is 4.88. The molecule has 0 aromatic heterocycles. The third-order valence-electron chi connectivity index (χ3n) is 4.18. The zero-order valence-corrected chi connectivity index (χ0v) is 16.6. The average Bonchev–Trinajstić information content (AvgIpc) is 3.37. The van der Waals surface area contributed by atoms with E-state index in [4.69, 9.17) is 23.2 Å². The Morgan fingerprint density at radius 3 is 2.46 bits per heavy atom. The van der Waals surface area contributed by atoms with Crippen molar-refractivity contribution in [2.75, 3.05) is 4.72 Å². The van der Waals surface area contributed by atoms with Gasteiger partial charge in [0, 0.05) is 11.1 Å². The fourth-order valence-electron chi connectivity index (χ4n) is 2.59. The van der Waals surface area contributed by atoms with Crippen molar-refractivity contribution >= 4 is 44.8 Å². The van der Waals surface area contributed by atoms with Crippen LogP contribution in [0.4, 0.5) is 5.69 Å². The summed E-state index contributed by atoms with van der Waals surface area (Å²) in [5.41, 5.74) is 1.37. The fraction of sp³-hybridized carbons (Fsp3) is 0.278. The molecule has 8 heteroatoms. The van der Waals surface area contributed by atoms with Gasteiger partial charge >= 0.3 is 0 Å². The Balaban J connectivity index is 2.00. The maximum Gasteiger partial charge on any atom is 0.263 e. The second kappa shape index (κ2) is 7.10. The molecular weight excluding hydrogens is 395 g/mol. The molecule has 1 saturated carbocycles. The van der Waals surface area contributed by atoms with E-state index in [0.29, 0.717) is 16.1 Å². The summed E-state index contributed by atoms with van der Waals surface area (Å²) in [5, 5.41) is 3.28. The standard InChI is InChI=1S/C18H18Cl2N2O3S/c1-10-9-14(19)11(2)17(16(10)20)26(24,25)22-15-6-4-3-5-13(15)18(23)21-12-7-8-12/h3-6,9,12,22H,7-8H2,1-2H3,(H,21,23). The van der Waals surface area contributed by atoms with Crippen LogP contribution in [0, 0.1) is 13.8 Å². The third-order valence-corrected chi connectivity index (χ3v) is 6.71. The maximum atomic E-state index is 13.0. The zero-order chi connectivity index (χ0) is 19.1. The van der Waals surface area contributed by atoms with Crippen molar-refractivity contribution in [3.8, 4) is 0 Å². The molecule has 0 saturated heterocycles. The van der Waals surface area contributed by atoms with Crippen LogP contribution in [0.15, 0.2) is 35.2 Å².